The number of halogens is 5. The molecule has 1 rings (SSSR count). The van der Waals surface area contributed by atoms with E-state index in [9.17, 15) is 35.2 Å². The summed E-state index contributed by atoms with van der Waals surface area (Å²) in [6, 6.07) is 5.88. The van der Waals surface area contributed by atoms with Gasteiger partial charge in [0.05, 0.1) is 13.5 Å². The topological polar surface area (TPSA) is 69.7 Å². The van der Waals surface area contributed by atoms with Crippen molar-refractivity contribution >= 4 is 21.7 Å². The second-order valence-corrected chi connectivity index (χ2v) is 7.04. The first-order valence-electron chi connectivity index (χ1n) is 6.91. The zero-order valence-corrected chi connectivity index (χ0v) is 14.5. The fraction of sp³-hybridized carbons (Fsp3) is 0.400. The first-order chi connectivity index (χ1) is 11.7. The first-order valence-corrected chi connectivity index (χ1v) is 8.32. The Morgan fingerprint density at radius 3 is 2.27 bits per heavy atom. The van der Waals surface area contributed by atoms with Crippen LogP contribution in [-0.4, -0.2) is 39.0 Å². The Kier molecular flexibility index (Phi) is 6.53. The molecule has 0 heterocycles. The van der Waals surface area contributed by atoms with Crippen molar-refractivity contribution in [2.45, 2.75) is 30.9 Å². The lowest BCUT2D eigenvalue weighted by Gasteiger charge is -2.27. The lowest BCUT2D eigenvalue weighted by atomic mass is 10.0. The van der Waals surface area contributed by atoms with E-state index in [0.29, 0.717) is 11.1 Å². The molecule has 0 saturated carbocycles. The molecule has 11 heteroatoms. The number of esters is 1. The molecule has 0 aliphatic carbocycles. The molecule has 0 aromatic heterocycles. The van der Waals surface area contributed by atoms with Gasteiger partial charge in [0.1, 0.15) is 0 Å². The fourth-order valence-electron chi connectivity index (χ4n) is 1.85. The summed E-state index contributed by atoms with van der Waals surface area (Å²) in [6.45, 7) is 5.30. The van der Waals surface area contributed by atoms with E-state index in [1.54, 1.807) is 13.0 Å². The number of hydrogen-bond acceptors (Lipinski definition) is 5. The van der Waals surface area contributed by atoms with Crippen LogP contribution in [0.3, 0.4) is 0 Å². The normalized spacial score (nSPS) is 14.0. The smallest absolute Gasteiger partial charge is 0.432 e. The van der Waals surface area contributed by atoms with E-state index in [1.165, 1.54) is 18.2 Å². The Labute approximate surface area is 146 Å². The molecule has 1 unspecified atom stereocenters. The van der Waals surface area contributed by atoms with E-state index in [0.717, 1.165) is 0 Å². The van der Waals surface area contributed by atoms with Crippen molar-refractivity contribution in [1.82, 2.24) is 0 Å². The Balaban J connectivity index is 3.08. The quantitative estimate of drug-likeness (QED) is 0.398. The lowest BCUT2D eigenvalue weighted by molar-refractivity contribution is -0.259. The van der Waals surface area contributed by atoms with Crippen LogP contribution in [0.4, 0.5) is 22.0 Å². The van der Waals surface area contributed by atoms with Gasteiger partial charge < -0.3 is 4.74 Å². The summed E-state index contributed by atoms with van der Waals surface area (Å²) >= 11 is 0. The van der Waals surface area contributed by atoms with Gasteiger partial charge in [-0.05, 0) is 18.1 Å². The van der Waals surface area contributed by atoms with E-state index in [-0.39, 0.29) is 12.7 Å². The van der Waals surface area contributed by atoms with Crippen molar-refractivity contribution in [1.29, 1.82) is 0 Å². The highest BCUT2D eigenvalue weighted by Crippen LogP contribution is 2.39. The van der Waals surface area contributed by atoms with E-state index < -0.39 is 40.0 Å². The minimum absolute atomic E-state index is 0.175. The molecule has 0 radical (unpaired) electrons. The maximum absolute atomic E-state index is 13.7. The van der Waals surface area contributed by atoms with E-state index in [4.69, 9.17) is 0 Å². The van der Waals surface area contributed by atoms with E-state index >= 15 is 0 Å². The number of hydrogen-bond donors (Lipinski definition) is 0. The van der Waals surface area contributed by atoms with Gasteiger partial charge in [0.15, 0.2) is 0 Å². The minimum Gasteiger partial charge on any atom is -0.444 e. The SMILES string of the molecule is C=C(C)c1cccc(CC(=O)OC(C(F)(F)F)C(F)(F)S(=O)(=O)OC)c1. The molecule has 146 valence electrons. The van der Waals surface area contributed by atoms with Crippen molar-refractivity contribution in [2.24, 2.45) is 0 Å². The highest BCUT2D eigenvalue weighted by molar-refractivity contribution is 7.87. The molecule has 1 atom stereocenters. The average Bonchev–Trinajstić information content (AvgIpc) is 2.51. The highest BCUT2D eigenvalue weighted by atomic mass is 32.2. The molecule has 26 heavy (non-hydrogen) atoms. The van der Waals surface area contributed by atoms with Crippen molar-refractivity contribution in [3.8, 4) is 0 Å². The second kappa shape index (κ2) is 7.70. The predicted molar refractivity (Wildman–Crippen MR) is 81.7 cm³/mol. The number of alkyl halides is 5. The van der Waals surface area contributed by atoms with Gasteiger partial charge >= 0.3 is 27.5 Å². The first kappa shape index (κ1) is 22.0. The van der Waals surface area contributed by atoms with Crippen molar-refractivity contribution < 1.29 is 44.1 Å². The fourth-order valence-corrected chi connectivity index (χ4v) is 2.52. The molecule has 0 spiro atoms. The third-order valence-corrected chi connectivity index (χ3v) is 4.49. The third kappa shape index (κ3) is 5.01. The van der Waals surface area contributed by atoms with Gasteiger partial charge in [-0.15, -0.1) is 0 Å². The Hall–Kier alpha value is -2.01. The van der Waals surface area contributed by atoms with E-state index in [2.05, 4.69) is 15.5 Å². The van der Waals surface area contributed by atoms with Crippen LogP contribution in [0.1, 0.15) is 18.1 Å². The van der Waals surface area contributed by atoms with Gasteiger partial charge in [-0.2, -0.15) is 30.4 Å². The minimum atomic E-state index is -5.96. The summed E-state index contributed by atoms with van der Waals surface area (Å²) in [5, 5.41) is -5.52. The maximum Gasteiger partial charge on any atom is 0.432 e. The molecule has 0 N–H and O–H groups in total. The Morgan fingerprint density at radius 1 is 1.23 bits per heavy atom. The zero-order chi connectivity index (χ0) is 20.3. The summed E-state index contributed by atoms with van der Waals surface area (Å²) in [7, 11) is -5.69. The van der Waals surface area contributed by atoms with Crippen LogP contribution < -0.4 is 0 Å². The van der Waals surface area contributed by atoms with Gasteiger partial charge in [0.2, 0.25) is 0 Å². The molecule has 0 amide bonds. The number of rotatable bonds is 7. The second-order valence-electron chi connectivity index (χ2n) is 5.25. The molecule has 1 aromatic carbocycles. The Morgan fingerprint density at radius 2 is 1.81 bits per heavy atom. The molecule has 5 nitrogen and oxygen atoms in total. The number of benzene rings is 1. The lowest BCUT2D eigenvalue weighted by Crippen LogP contribution is -2.52. The molecule has 1 aromatic rings. The summed E-state index contributed by atoms with van der Waals surface area (Å²) in [5.41, 5.74) is 1.36. The van der Waals surface area contributed by atoms with Crippen LogP contribution in [-0.2, 0) is 30.3 Å². The molecule has 0 aliphatic heterocycles. The van der Waals surface area contributed by atoms with E-state index in [1.807, 2.05) is 0 Å². The van der Waals surface area contributed by atoms with Crippen LogP contribution in [0.15, 0.2) is 30.8 Å². The summed E-state index contributed by atoms with van der Waals surface area (Å²) in [4.78, 5) is 11.7. The number of allylic oxidation sites excluding steroid dienone is 1. The van der Waals surface area contributed by atoms with Gasteiger partial charge in [-0.1, -0.05) is 36.4 Å². The van der Waals surface area contributed by atoms with Crippen LogP contribution in [0.25, 0.3) is 5.57 Å². The molecule has 0 bridgehead atoms. The van der Waals surface area contributed by atoms with Crippen molar-refractivity contribution in [3.63, 3.8) is 0 Å². The number of carbonyl (C=O) groups is 1. The molecular formula is C15H15F5O5S. The molecule has 0 fully saturated rings. The maximum atomic E-state index is 13.7. The van der Waals surface area contributed by atoms with Crippen molar-refractivity contribution in [3.05, 3.63) is 42.0 Å². The number of ether oxygens (including phenoxy) is 1. The number of carbonyl (C=O) groups excluding carboxylic acids is 1. The largest absolute Gasteiger partial charge is 0.444 e. The Bertz CT molecular complexity index is 786. The summed E-state index contributed by atoms with van der Waals surface area (Å²) in [5.74, 6) is -1.68. The summed E-state index contributed by atoms with van der Waals surface area (Å²) in [6.07, 6.45) is -10.8. The average molecular weight is 402 g/mol. The van der Waals surface area contributed by atoms with Gasteiger partial charge in [-0.25, -0.2) is 0 Å². The van der Waals surface area contributed by atoms with Gasteiger partial charge in [0.25, 0.3) is 6.10 Å². The monoisotopic (exact) mass is 402 g/mol. The van der Waals surface area contributed by atoms with Crippen molar-refractivity contribution in [2.75, 3.05) is 7.11 Å². The highest BCUT2D eigenvalue weighted by Gasteiger charge is 2.66. The molecule has 0 saturated heterocycles. The summed E-state index contributed by atoms with van der Waals surface area (Å²) < 4.78 is 95.4. The molecule has 0 aliphatic rings. The van der Waals surface area contributed by atoms with Gasteiger partial charge in [-0.3, -0.25) is 8.98 Å². The molecular weight excluding hydrogens is 387 g/mol. The van der Waals surface area contributed by atoms with Crippen LogP contribution in [0.5, 0.6) is 0 Å². The van der Waals surface area contributed by atoms with Crippen LogP contribution in [0, 0.1) is 0 Å². The van der Waals surface area contributed by atoms with Crippen LogP contribution >= 0.6 is 0 Å². The van der Waals surface area contributed by atoms with Gasteiger partial charge in [0, 0.05) is 0 Å². The zero-order valence-electron chi connectivity index (χ0n) is 13.6. The van der Waals surface area contributed by atoms with Crippen LogP contribution in [0.2, 0.25) is 0 Å². The predicted octanol–water partition coefficient (Wildman–Crippen LogP) is 3.31. The third-order valence-electron chi connectivity index (χ3n) is 3.17. The standard InChI is InChI=1S/C15H15F5O5S/c1-9(2)11-6-4-5-10(7-11)8-12(21)25-13(14(16,17)18)15(19,20)26(22,23)24-3/h4-7,13H,1,8H2,2-3H3.